The number of hydrogen-bond acceptors (Lipinski definition) is 0. The summed E-state index contributed by atoms with van der Waals surface area (Å²) in [7, 11) is -1.24. The number of rotatable bonds is 0. The first-order chi connectivity index (χ1) is 7.58. The molecular formula is C15H16Si. The van der Waals surface area contributed by atoms with Crippen molar-refractivity contribution in [3.05, 3.63) is 48.0 Å². The van der Waals surface area contributed by atoms with Gasteiger partial charge < -0.3 is 0 Å². The van der Waals surface area contributed by atoms with E-state index in [9.17, 15) is 0 Å². The van der Waals surface area contributed by atoms with E-state index in [1.165, 1.54) is 0 Å². The highest BCUT2D eigenvalue weighted by molar-refractivity contribution is 6.83. The van der Waals surface area contributed by atoms with Gasteiger partial charge in [-0.25, -0.2) is 0 Å². The fraction of sp³-hybridized carbons (Fsp3) is 0.200. The van der Waals surface area contributed by atoms with Crippen molar-refractivity contribution in [2.45, 2.75) is 19.6 Å². The summed E-state index contributed by atoms with van der Waals surface area (Å²) in [6.07, 6.45) is 3.63. The molecule has 1 aromatic rings. The van der Waals surface area contributed by atoms with Crippen LogP contribution in [0.25, 0.3) is 0 Å². The zero-order valence-corrected chi connectivity index (χ0v) is 11.0. The lowest BCUT2D eigenvalue weighted by molar-refractivity contribution is 1.65. The van der Waals surface area contributed by atoms with E-state index in [-0.39, 0.29) is 0 Å². The van der Waals surface area contributed by atoms with Crippen LogP contribution in [0.3, 0.4) is 0 Å². The second-order valence-electron chi connectivity index (χ2n) is 4.49. The summed E-state index contributed by atoms with van der Waals surface area (Å²) in [5, 5.41) is 0. The SMILES string of the molecule is C[Si](C)(C)C#CC=CC#Cc1ccccc1. The molecule has 0 unspecified atom stereocenters. The summed E-state index contributed by atoms with van der Waals surface area (Å²) in [6.45, 7) is 6.68. The summed E-state index contributed by atoms with van der Waals surface area (Å²) in [4.78, 5) is 0. The van der Waals surface area contributed by atoms with Crippen LogP contribution in [0.5, 0.6) is 0 Å². The molecule has 80 valence electrons. The van der Waals surface area contributed by atoms with Crippen LogP contribution in [0.1, 0.15) is 5.56 Å². The molecular weight excluding hydrogens is 208 g/mol. The molecule has 0 aliphatic heterocycles. The second kappa shape index (κ2) is 6.01. The summed E-state index contributed by atoms with van der Waals surface area (Å²) < 4.78 is 0. The standard InChI is InChI=1S/C15H16Si/c1-16(2,3)14-10-5-4-7-11-15-12-8-6-9-13-15/h4-6,8-9,12-13H,1-3H3. The van der Waals surface area contributed by atoms with Gasteiger partial charge in [-0.2, -0.15) is 0 Å². The van der Waals surface area contributed by atoms with Crippen molar-refractivity contribution in [2.75, 3.05) is 0 Å². The van der Waals surface area contributed by atoms with Gasteiger partial charge in [-0.3, -0.25) is 0 Å². The van der Waals surface area contributed by atoms with E-state index in [2.05, 4.69) is 42.9 Å². The maximum atomic E-state index is 3.25. The van der Waals surface area contributed by atoms with Crippen molar-refractivity contribution >= 4 is 8.07 Å². The van der Waals surface area contributed by atoms with Crippen LogP contribution in [0.2, 0.25) is 19.6 Å². The molecule has 0 N–H and O–H groups in total. The number of benzene rings is 1. The van der Waals surface area contributed by atoms with E-state index in [1.807, 2.05) is 36.4 Å². The van der Waals surface area contributed by atoms with Crippen molar-refractivity contribution in [1.29, 1.82) is 0 Å². The largest absolute Gasteiger partial charge is 0.129 e. The zero-order valence-electron chi connectivity index (χ0n) is 10.0. The highest BCUT2D eigenvalue weighted by Crippen LogP contribution is 1.96. The molecule has 0 aliphatic carbocycles. The van der Waals surface area contributed by atoms with Gasteiger partial charge in [0.15, 0.2) is 0 Å². The van der Waals surface area contributed by atoms with Gasteiger partial charge in [0.2, 0.25) is 0 Å². The number of hydrogen-bond donors (Lipinski definition) is 0. The Kier molecular flexibility index (Phi) is 4.64. The van der Waals surface area contributed by atoms with E-state index in [1.54, 1.807) is 6.08 Å². The predicted molar refractivity (Wildman–Crippen MR) is 73.6 cm³/mol. The fourth-order valence-corrected chi connectivity index (χ4v) is 1.50. The molecule has 0 radical (unpaired) electrons. The van der Waals surface area contributed by atoms with E-state index >= 15 is 0 Å². The van der Waals surface area contributed by atoms with Gasteiger partial charge in [0.05, 0.1) is 0 Å². The molecule has 0 saturated carbocycles. The average Bonchev–Trinajstić information content (AvgIpc) is 2.23. The van der Waals surface area contributed by atoms with Gasteiger partial charge in [-0.05, 0) is 24.3 Å². The molecule has 0 amide bonds. The normalized spacial score (nSPS) is 10.2. The van der Waals surface area contributed by atoms with Crippen molar-refractivity contribution in [1.82, 2.24) is 0 Å². The lowest BCUT2D eigenvalue weighted by Gasteiger charge is -2.01. The van der Waals surface area contributed by atoms with Gasteiger partial charge in [0.1, 0.15) is 8.07 Å². The molecule has 16 heavy (non-hydrogen) atoms. The van der Waals surface area contributed by atoms with Crippen LogP contribution in [0.15, 0.2) is 42.5 Å². The highest BCUT2D eigenvalue weighted by Gasteiger charge is 2.06. The van der Waals surface area contributed by atoms with Crippen LogP contribution >= 0.6 is 0 Å². The summed E-state index contributed by atoms with van der Waals surface area (Å²) >= 11 is 0. The van der Waals surface area contributed by atoms with Crippen LogP contribution in [-0.4, -0.2) is 8.07 Å². The van der Waals surface area contributed by atoms with Crippen molar-refractivity contribution in [3.63, 3.8) is 0 Å². The minimum absolute atomic E-state index is 1.03. The van der Waals surface area contributed by atoms with E-state index in [4.69, 9.17) is 0 Å². The lowest BCUT2D eigenvalue weighted by Crippen LogP contribution is -2.16. The first kappa shape index (κ1) is 12.4. The monoisotopic (exact) mass is 224 g/mol. The van der Waals surface area contributed by atoms with Gasteiger partial charge in [0.25, 0.3) is 0 Å². The lowest BCUT2D eigenvalue weighted by atomic mass is 10.2. The Hall–Kier alpha value is -1.70. The van der Waals surface area contributed by atoms with Gasteiger partial charge in [0, 0.05) is 5.56 Å². The second-order valence-corrected chi connectivity index (χ2v) is 9.24. The molecule has 0 aliphatic rings. The quantitative estimate of drug-likeness (QED) is 0.467. The summed E-state index contributed by atoms with van der Waals surface area (Å²) in [5.41, 5.74) is 4.29. The Labute approximate surface area is 99.4 Å². The first-order valence-corrected chi connectivity index (χ1v) is 8.82. The molecule has 0 saturated heterocycles. The average molecular weight is 224 g/mol. The Morgan fingerprint density at radius 1 is 0.938 bits per heavy atom. The van der Waals surface area contributed by atoms with E-state index in [0.717, 1.165) is 5.56 Å². The minimum atomic E-state index is -1.24. The predicted octanol–water partition coefficient (Wildman–Crippen LogP) is 3.48. The summed E-state index contributed by atoms with van der Waals surface area (Å²) in [5.74, 6) is 9.06. The maximum absolute atomic E-state index is 3.25. The first-order valence-electron chi connectivity index (χ1n) is 5.32. The third-order valence-electron chi connectivity index (χ3n) is 1.69. The zero-order chi connectivity index (χ0) is 11.9. The van der Waals surface area contributed by atoms with E-state index in [0.29, 0.717) is 0 Å². The van der Waals surface area contributed by atoms with Gasteiger partial charge in [-0.1, -0.05) is 55.6 Å². The third-order valence-corrected chi connectivity index (χ3v) is 2.58. The highest BCUT2D eigenvalue weighted by atomic mass is 28.3. The molecule has 0 heterocycles. The van der Waals surface area contributed by atoms with Gasteiger partial charge >= 0.3 is 0 Å². The molecule has 1 rings (SSSR count). The summed E-state index contributed by atoms with van der Waals surface area (Å²) in [6, 6.07) is 9.95. The molecule has 1 aromatic carbocycles. The molecule has 0 atom stereocenters. The molecule has 0 fully saturated rings. The molecule has 1 heteroatoms. The number of allylic oxidation sites excluding steroid dienone is 2. The van der Waals surface area contributed by atoms with Gasteiger partial charge in [-0.15, -0.1) is 5.54 Å². The Morgan fingerprint density at radius 3 is 2.19 bits per heavy atom. The Bertz CT molecular complexity index is 467. The maximum Gasteiger partial charge on any atom is 0.129 e. The smallest absolute Gasteiger partial charge is 0.127 e. The van der Waals surface area contributed by atoms with Crippen LogP contribution in [0.4, 0.5) is 0 Å². The molecule has 0 nitrogen and oxygen atoms in total. The van der Waals surface area contributed by atoms with Crippen LogP contribution < -0.4 is 0 Å². The topological polar surface area (TPSA) is 0 Å². The molecule has 0 spiro atoms. The van der Waals surface area contributed by atoms with Crippen LogP contribution in [0, 0.1) is 23.3 Å². The molecule has 0 aromatic heterocycles. The van der Waals surface area contributed by atoms with E-state index < -0.39 is 8.07 Å². The molecule has 0 bridgehead atoms. The third kappa shape index (κ3) is 5.91. The Morgan fingerprint density at radius 2 is 1.56 bits per heavy atom. The minimum Gasteiger partial charge on any atom is -0.127 e. The van der Waals surface area contributed by atoms with Crippen molar-refractivity contribution < 1.29 is 0 Å². The van der Waals surface area contributed by atoms with Crippen molar-refractivity contribution in [3.8, 4) is 23.3 Å². The Balaban J connectivity index is 2.55. The fourth-order valence-electron chi connectivity index (χ4n) is 0.988. The van der Waals surface area contributed by atoms with Crippen molar-refractivity contribution in [2.24, 2.45) is 0 Å². The van der Waals surface area contributed by atoms with Crippen LogP contribution in [-0.2, 0) is 0 Å².